The molecule has 1 rings (SSSR count). The molecule has 0 spiro atoms. The fourth-order valence-corrected chi connectivity index (χ4v) is 2.13. The number of nitrogens with two attached hydrogens (primary N) is 2. The minimum Gasteiger partial charge on any atom is -0.480 e. The molecule has 20 heavy (non-hydrogen) atoms. The van der Waals surface area contributed by atoms with Crippen molar-refractivity contribution in [3.05, 3.63) is 0 Å². The van der Waals surface area contributed by atoms with E-state index in [0.717, 1.165) is 4.90 Å². The third-order valence-electron chi connectivity index (χ3n) is 3.04. The van der Waals surface area contributed by atoms with Crippen molar-refractivity contribution in [2.75, 3.05) is 26.2 Å². The molecule has 1 unspecified atom stereocenters. The van der Waals surface area contributed by atoms with Crippen LogP contribution in [0.4, 0.5) is 4.79 Å². The lowest BCUT2D eigenvalue weighted by atomic mass is 9.98. The number of carbonyl (C=O) groups excluding carboxylic acids is 3. The van der Waals surface area contributed by atoms with E-state index in [1.165, 1.54) is 4.90 Å². The topological polar surface area (TPSA) is 147 Å². The highest BCUT2D eigenvalue weighted by atomic mass is 16.4. The molecule has 9 nitrogen and oxygen atoms in total. The summed E-state index contributed by atoms with van der Waals surface area (Å²) in [5, 5.41) is 8.75. The van der Waals surface area contributed by atoms with Crippen molar-refractivity contribution in [2.45, 2.75) is 12.8 Å². The number of piperidine rings is 1. The van der Waals surface area contributed by atoms with Gasteiger partial charge in [0.25, 0.3) is 0 Å². The second-order valence-electron chi connectivity index (χ2n) is 4.69. The standard InChI is InChI=1S/C11H18N4O5/c12-8(16)5-15(6-9(17)18)11(20)14-3-1-2-7(4-14)10(13)19/h7H,1-6H2,(H2,12,16)(H2,13,19)(H,17,18). The number of rotatable bonds is 5. The van der Waals surface area contributed by atoms with Gasteiger partial charge in [-0.2, -0.15) is 0 Å². The Kier molecular flexibility index (Phi) is 5.30. The lowest BCUT2D eigenvalue weighted by Gasteiger charge is -2.34. The van der Waals surface area contributed by atoms with Crippen molar-refractivity contribution in [1.29, 1.82) is 0 Å². The maximum atomic E-state index is 12.2. The number of carbonyl (C=O) groups is 4. The van der Waals surface area contributed by atoms with Crippen molar-refractivity contribution in [2.24, 2.45) is 17.4 Å². The van der Waals surface area contributed by atoms with Crippen LogP contribution in [0.3, 0.4) is 0 Å². The molecule has 0 radical (unpaired) electrons. The minimum absolute atomic E-state index is 0.128. The molecule has 1 atom stereocenters. The molecule has 1 aliphatic heterocycles. The number of urea groups is 1. The van der Waals surface area contributed by atoms with E-state index in [2.05, 4.69) is 0 Å². The van der Waals surface area contributed by atoms with Crippen LogP contribution in [0.2, 0.25) is 0 Å². The molecule has 4 amide bonds. The monoisotopic (exact) mass is 286 g/mol. The average Bonchev–Trinajstić information content (AvgIpc) is 2.36. The molecule has 0 aromatic rings. The lowest BCUT2D eigenvalue weighted by Crippen LogP contribution is -2.52. The number of carboxylic acid groups (broad SMARTS) is 1. The molecule has 0 aliphatic carbocycles. The summed E-state index contributed by atoms with van der Waals surface area (Å²) >= 11 is 0. The maximum Gasteiger partial charge on any atom is 0.323 e. The molecule has 0 saturated carbocycles. The van der Waals surface area contributed by atoms with Gasteiger partial charge in [0.2, 0.25) is 11.8 Å². The lowest BCUT2D eigenvalue weighted by molar-refractivity contribution is -0.138. The van der Waals surface area contributed by atoms with Crippen molar-refractivity contribution >= 4 is 23.8 Å². The summed E-state index contributed by atoms with van der Waals surface area (Å²) < 4.78 is 0. The van der Waals surface area contributed by atoms with Gasteiger partial charge in [-0.05, 0) is 12.8 Å². The number of hydrogen-bond acceptors (Lipinski definition) is 4. The van der Waals surface area contributed by atoms with Crippen LogP contribution in [-0.2, 0) is 14.4 Å². The van der Waals surface area contributed by atoms with Gasteiger partial charge in [-0.15, -0.1) is 0 Å². The van der Waals surface area contributed by atoms with Gasteiger partial charge >= 0.3 is 12.0 Å². The Morgan fingerprint density at radius 1 is 1.20 bits per heavy atom. The molecule has 0 bridgehead atoms. The summed E-state index contributed by atoms with van der Waals surface area (Å²) in [6.45, 7) is -0.594. The second kappa shape index (κ2) is 6.73. The Hall–Kier alpha value is -2.32. The van der Waals surface area contributed by atoms with Gasteiger partial charge in [0.05, 0.1) is 5.92 Å². The molecule has 5 N–H and O–H groups in total. The third kappa shape index (κ3) is 4.41. The zero-order valence-corrected chi connectivity index (χ0v) is 10.9. The fraction of sp³-hybridized carbons (Fsp3) is 0.636. The summed E-state index contributed by atoms with van der Waals surface area (Å²) in [6.07, 6.45) is 1.19. The van der Waals surface area contributed by atoms with Gasteiger partial charge in [0.15, 0.2) is 0 Å². The number of nitrogens with zero attached hydrogens (tertiary/aromatic N) is 2. The average molecular weight is 286 g/mol. The summed E-state index contributed by atoms with van der Waals surface area (Å²) in [6, 6.07) is -0.628. The molecule has 0 aromatic carbocycles. The fourth-order valence-electron chi connectivity index (χ4n) is 2.13. The zero-order valence-electron chi connectivity index (χ0n) is 10.9. The van der Waals surface area contributed by atoms with E-state index >= 15 is 0 Å². The molecule has 0 aromatic heterocycles. The summed E-state index contributed by atoms with van der Waals surface area (Å²) in [5.41, 5.74) is 10.2. The molecular weight excluding hydrogens is 268 g/mol. The number of likely N-dealkylation sites (tertiary alicyclic amines) is 1. The Morgan fingerprint density at radius 3 is 2.35 bits per heavy atom. The highest BCUT2D eigenvalue weighted by Crippen LogP contribution is 2.17. The van der Waals surface area contributed by atoms with Gasteiger partial charge in [-0.25, -0.2) is 4.79 Å². The second-order valence-corrected chi connectivity index (χ2v) is 4.69. The SMILES string of the molecule is NC(=O)CN(CC(=O)O)C(=O)N1CCCC(C(N)=O)C1. The number of aliphatic carboxylic acids is 1. The minimum atomic E-state index is -1.25. The third-order valence-corrected chi connectivity index (χ3v) is 3.04. The predicted octanol–water partition coefficient (Wildman–Crippen LogP) is -1.82. The number of hydrogen-bond donors (Lipinski definition) is 3. The first-order valence-corrected chi connectivity index (χ1v) is 6.14. The predicted molar refractivity (Wildman–Crippen MR) is 67.3 cm³/mol. The van der Waals surface area contributed by atoms with Crippen LogP contribution < -0.4 is 11.5 Å². The summed E-state index contributed by atoms with van der Waals surface area (Å²) in [4.78, 5) is 47.1. The van der Waals surface area contributed by atoms with E-state index < -0.39 is 42.8 Å². The van der Waals surface area contributed by atoms with Crippen LogP contribution in [0.25, 0.3) is 0 Å². The van der Waals surface area contributed by atoms with E-state index in [1.54, 1.807) is 0 Å². The van der Waals surface area contributed by atoms with Gasteiger partial charge in [0, 0.05) is 13.1 Å². The number of amides is 4. The van der Waals surface area contributed by atoms with Crippen molar-refractivity contribution in [3.63, 3.8) is 0 Å². The first kappa shape index (κ1) is 15.7. The van der Waals surface area contributed by atoms with E-state index in [9.17, 15) is 19.2 Å². The Balaban J connectivity index is 2.74. The van der Waals surface area contributed by atoms with Gasteiger partial charge in [0.1, 0.15) is 13.1 Å². The molecule has 1 fully saturated rings. The molecule has 1 saturated heterocycles. The van der Waals surface area contributed by atoms with E-state index in [0.29, 0.717) is 19.4 Å². The van der Waals surface area contributed by atoms with Crippen molar-refractivity contribution in [1.82, 2.24) is 9.80 Å². The summed E-state index contributed by atoms with van der Waals surface area (Å²) in [7, 11) is 0. The van der Waals surface area contributed by atoms with E-state index in [1.807, 2.05) is 0 Å². The highest BCUT2D eigenvalue weighted by molar-refractivity contribution is 5.86. The normalized spacial score (nSPS) is 18.4. The van der Waals surface area contributed by atoms with Crippen LogP contribution in [0.1, 0.15) is 12.8 Å². The first-order valence-electron chi connectivity index (χ1n) is 6.14. The van der Waals surface area contributed by atoms with Crippen LogP contribution in [-0.4, -0.2) is 64.9 Å². The maximum absolute atomic E-state index is 12.2. The number of carboxylic acids is 1. The van der Waals surface area contributed by atoms with E-state index in [-0.39, 0.29) is 6.54 Å². The highest BCUT2D eigenvalue weighted by Gasteiger charge is 2.30. The molecule has 1 heterocycles. The molecule has 1 aliphatic rings. The Morgan fingerprint density at radius 2 is 1.85 bits per heavy atom. The van der Waals surface area contributed by atoms with Crippen LogP contribution in [0.5, 0.6) is 0 Å². The molecule has 112 valence electrons. The van der Waals surface area contributed by atoms with Crippen LogP contribution >= 0.6 is 0 Å². The number of primary amides is 2. The first-order chi connectivity index (χ1) is 9.31. The summed E-state index contributed by atoms with van der Waals surface area (Å²) in [5.74, 6) is -3.00. The van der Waals surface area contributed by atoms with Crippen LogP contribution in [0.15, 0.2) is 0 Å². The van der Waals surface area contributed by atoms with Gasteiger partial charge in [-0.3, -0.25) is 14.4 Å². The van der Waals surface area contributed by atoms with Gasteiger partial charge in [-0.1, -0.05) is 0 Å². The van der Waals surface area contributed by atoms with Gasteiger partial charge < -0.3 is 26.4 Å². The van der Waals surface area contributed by atoms with Crippen molar-refractivity contribution < 1.29 is 24.3 Å². The van der Waals surface area contributed by atoms with Crippen molar-refractivity contribution in [3.8, 4) is 0 Å². The Bertz CT molecular complexity index is 409. The van der Waals surface area contributed by atoms with Crippen LogP contribution in [0, 0.1) is 5.92 Å². The smallest absolute Gasteiger partial charge is 0.323 e. The molecule has 9 heteroatoms. The quantitative estimate of drug-likeness (QED) is 0.544. The zero-order chi connectivity index (χ0) is 15.3. The largest absolute Gasteiger partial charge is 0.480 e. The Labute approximate surface area is 115 Å². The van der Waals surface area contributed by atoms with E-state index in [4.69, 9.17) is 16.6 Å². The molecular formula is C11H18N4O5.